The Hall–Kier alpha value is -1.86. The van der Waals surface area contributed by atoms with Crippen LogP contribution in [0.4, 0.5) is 9.59 Å². The third kappa shape index (κ3) is 11.5. The number of hydrogen-bond donors (Lipinski definition) is 2. The number of rotatable bonds is 11. The van der Waals surface area contributed by atoms with Gasteiger partial charge in [0.25, 0.3) is 0 Å². The fourth-order valence-electron chi connectivity index (χ4n) is 4.78. The van der Waals surface area contributed by atoms with Crippen LogP contribution in [-0.2, 0) is 23.5 Å². The van der Waals surface area contributed by atoms with Gasteiger partial charge in [0.1, 0.15) is 18.8 Å². The standard InChI is InChI=1S/C24H43N2O7P/c1-16(2)19(27)30-10-11-31-20(28)25-18-13-22(4,5)15-24(8,14-18)26-21(29)32-23(6,7)12-17(3)33-34-9/h17-18,34H,1,10-15H2,2-9H3,(H,25,28)(H,26,29). The SMILES string of the molecule is C=C(C)C(=O)OCCOC(=O)NC1CC(C)(C)CC(C)(NC(=O)OC(C)(C)CC(C)OPC)C1. The molecule has 9 nitrogen and oxygen atoms in total. The van der Waals surface area contributed by atoms with Gasteiger partial charge in [0.05, 0.1) is 6.10 Å². The minimum absolute atomic E-state index is 0.0146. The summed E-state index contributed by atoms with van der Waals surface area (Å²) in [6.07, 6.45) is 1.48. The van der Waals surface area contributed by atoms with E-state index in [9.17, 15) is 14.4 Å². The minimum atomic E-state index is -0.682. The monoisotopic (exact) mass is 502 g/mol. The summed E-state index contributed by atoms with van der Waals surface area (Å²) >= 11 is 0. The Morgan fingerprint density at radius 3 is 2.32 bits per heavy atom. The van der Waals surface area contributed by atoms with E-state index in [1.807, 2.05) is 34.4 Å². The number of carbonyl (C=O) groups is 3. The molecule has 0 spiro atoms. The Kier molecular flexibility index (Phi) is 11.3. The molecule has 0 aromatic rings. The molecule has 0 bridgehead atoms. The maximum atomic E-state index is 12.8. The molecule has 2 N–H and O–H groups in total. The first-order valence-electron chi connectivity index (χ1n) is 11.7. The smallest absolute Gasteiger partial charge is 0.408 e. The van der Waals surface area contributed by atoms with Crippen molar-refractivity contribution < 1.29 is 33.1 Å². The molecule has 4 unspecified atom stereocenters. The molecule has 1 aliphatic carbocycles. The van der Waals surface area contributed by atoms with Gasteiger partial charge >= 0.3 is 18.2 Å². The zero-order valence-electron chi connectivity index (χ0n) is 22.0. The predicted molar refractivity (Wildman–Crippen MR) is 133 cm³/mol. The van der Waals surface area contributed by atoms with Crippen molar-refractivity contribution in [2.45, 2.75) is 97.4 Å². The molecule has 10 heteroatoms. The van der Waals surface area contributed by atoms with E-state index in [0.29, 0.717) is 21.6 Å². The summed E-state index contributed by atoms with van der Waals surface area (Å²) in [4.78, 5) is 36.4. The van der Waals surface area contributed by atoms with E-state index in [1.54, 1.807) is 6.92 Å². The third-order valence-electron chi connectivity index (χ3n) is 5.46. The Morgan fingerprint density at radius 1 is 1.12 bits per heavy atom. The average molecular weight is 503 g/mol. The van der Waals surface area contributed by atoms with Gasteiger partial charge in [-0.25, -0.2) is 14.4 Å². The number of esters is 1. The number of nitrogens with one attached hydrogen (secondary N) is 2. The second-order valence-electron chi connectivity index (χ2n) is 10.8. The van der Waals surface area contributed by atoms with Crippen LogP contribution in [0.1, 0.15) is 74.1 Å². The highest BCUT2D eigenvalue weighted by Crippen LogP contribution is 2.41. The number of amides is 2. The molecule has 0 aromatic carbocycles. The molecule has 0 aromatic heterocycles. The highest BCUT2D eigenvalue weighted by molar-refractivity contribution is 7.31. The quantitative estimate of drug-likeness (QED) is 0.139. The zero-order chi connectivity index (χ0) is 26.2. The maximum absolute atomic E-state index is 12.8. The lowest BCUT2D eigenvalue weighted by Gasteiger charge is -2.47. The number of alkyl carbamates (subject to hydrolysis) is 2. The molecule has 0 aliphatic heterocycles. The van der Waals surface area contributed by atoms with Crippen molar-refractivity contribution in [1.29, 1.82) is 0 Å². The van der Waals surface area contributed by atoms with Gasteiger partial charge in [-0.15, -0.1) is 0 Å². The van der Waals surface area contributed by atoms with E-state index in [4.69, 9.17) is 18.7 Å². The summed E-state index contributed by atoms with van der Waals surface area (Å²) in [5.41, 5.74) is -1.10. The highest BCUT2D eigenvalue weighted by atomic mass is 31.1. The van der Waals surface area contributed by atoms with Gasteiger partial charge in [0.2, 0.25) is 0 Å². The number of hydrogen-bond acceptors (Lipinski definition) is 7. The summed E-state index contributed by atoms with van der Waals surface area (Å²) < 4.78 is 21.4. The lowest BCUT2D eigenvalue weighted by atomic mass is 9.67. The Labute approximate surface area is 205 Å². The van der Waals surface area contributed by atoms with Gasteiger partial charge in [0, 0.05) is 32.4 Å². The second-order valence-corrected chi connectivity index (χ2v) is 11.5. The highest BCUT2D eigenvalue weighted by Gasteiger charge is 2.43. The van der Waals surface area contributed by atoms with Gasteiger partial charge in [-0.05, 0) is 66.0 Å². The van der Waals surface area contributed by atoms with Crippen LogP contribution in [0.15, 0.2) is 12.2 Å². The lowest BCUT2D eigenvalue weighted by Crippen LogP contribution is -2.58. The fourth-order valence-corrected chi connectivity index (χ4v) is 5.27. The first kappa shape index (κ1) is 30.2. The Morgan fingerprint density at radius 2 is 1.74 bits per heavy atom. The lowest BCUT2D eigenvalue weighted by molar-refractivity contribution is -0.139. The number of ether oxygens (including phenoxy) is 3. The first-order valence-corrected chi connectivity index (χ1v) is 13.1. The van der Waals surface area contributed by atoms with Crippen molar-refractivity contribution >= 4 is 27.0 Å². The van der Waals surface area contributed by atoms with Crippen molar-refractivity contribution in [3.05, 3.63) is 12.2 Å². The molecule has 196 valence electrons. The molecular weight excluding hydrogens is 459 g/mol. The van der Waals surface area contributed by atoms with Crippen LogP contribution < -0.4 is 10.6 Å². The van der Waals surface area contributed by atoms with Crippen LogP contribution in [0, 0.1) is 5.41 Å². The van der Waals surface area contributed by atoms with Crippen LogP contribution in [0.2, 0.25) is 0 Å². The molecule has 0 heterocycles. The van der Waals surface area contributed by atoms with Crippen molar-refractivity contribution in [3.63, 3.8) is 0 Å². The van der Waals surface area contributed by atoms with E-state index in [-0.39, 0.29) is 36.3 Å². The molecule has 2 amide bonds. The van der Waals surface area contributed by atoms with Gasteiger partial charge in [0.15, 0.2) is 0 Å². The van der Waals surface area contributed by atoms with Crippen molar-refractivity contribution in [2.75, 3.05) is 19.9 Å². The normalized spacial score (nSPS) is 23.1. The van der Waals surface area contributed by atoms with Gasteiger partial charge in [-0.2, -0.15) is 0 Å². The van der Waals surface area contributed by atoms with Crippen molar-refractivity contribution in [1.82, 2.24) is 10.6 Å². The van der Waals surface area contributed by atoms with Crippen LogP contribution in [0.5, 0.6) is 0 Å². The van der Waals surface area contributed by atoms with Crippen molar-refractivity contribution in [2.24, 2.45) is 5.41 Å². The topological polar surface area (TPSA) is 112 Å². The minimum Gasteiger partial charge on any atom is -0.459 e. The van der Waals surface area contributed by atoms with Crippen LogP contribution in [0.25, 0.3) is 0 Å². The van der Waals surface area contributed by atoms with E-state index < -0.39 is 29.3 Å². The molecule has 1 saturated carbocycles. The molecule has 1 aliphatic rings. The van der Waals surface area contributed by atoms with Crippen LogP contribution in [-0.4, -0.2) is 61.3 Å². The number of carbonyl (C=O) groups excluding carboxylic acids is 3. The van der Waals surface area contributed by atoms with Gasteiger partial charge < -0.3 is 29.4 Å². The second kappa shape index (κ2) is 12.7. The average Bonchev–Trinajstić information content (AvgIpc) is 2.61. The summed E-state index contributed by atoms with van der Waals surface area (Å²) in [6, 6.07) is -0.202. The first-order chi connectivity index (χ1) is 15.6. The summed E-state index contributed by atoms with van der Waals surface area (Å²) in [5, 5.41) is 5.91. The Balaban J connectivity index is 2.63. The summed E-state index contributed by atoms with van der Waals surface area (Å²) in [7, 11) is 0.378. The molecule has 4 atom stereocenters. The molecule has 0 radical (unpaired) electrons. The molecule has 1 rings (SSSR count). The third-order valence-corrected chi connectivity index (χ3v) is 6.09. The van der Waals surface area contributed by atoms with E-state index in [1.165, 1.54) is 0 Å². The summed E-state index contributed by atoms with van der Waals surface area (Å²) in [6.45, 7) is 18.8. The summed E-state index contributed by atoms with van der Waals surface area (Å²) in [5.74, 6) is -0.525. The van der Waals surface area contributed by atoms with Crippen LogP contribution in [0.3, 0.4) is 0 Å². The van der Waals surface area contributed by atoms with E-state index in [0.717, 1.165) is 12.8 Å². The van der Waals surface area contributed by atoms with Gasteiger partial charge in [-0.1, -0.05) is 20.4 Å². The van der Waals surface area contributed by atoms with Crippen LogP contribution >= 0.6 is 8.81 Å². The predicted octanol–water partition coefficient (Wildman–Crippen LogP) is 4.69. The maximum Gasteiger partial charge on any atom is 0.408 e. The Bertz CT molecular complexity index is 741. The van der Waals surface area contributed by atoms with E-state index in [2.05, 4.69) is 31.1 Å². The molecule has 1 fully saturated rings. The zero-order valence-corrected chi connectivity index (χ0v) is 23.0. The molecule has 34 heavy (non-hydrogen) atoms. The fraction of sp³-hybridized carbons (Fsp3) is 0.792. The largest absolute Gasteiger partial charge is 0.459 e. The van der Waals surface area contributed by atoms with Gasteiger partial charge in [-0.3, -0.25) is 0 Å². The molecular formula is C24H43N2O7P. The van der Waals surface area contributed by atoms with E-state index >= 15 is 0 Å². The van der Waals surface area contributed by atoms with Crippen molar-refractivity contribution in [3.8, 4) is 0 Å². The molecule has 0 saturated heterocycles.